The fraction of sp³-hybridized carbons (Fsp3) is 0. The molecule has 0 bridgehead atoms. The van der Waals surface area contributed by atoms with Gasteiger partial charge < -0.3 is 10.6 Å². The Morgan fingerprint density at radius 3 is 2.67 bits per heavy atom. The number of hydroxylamine groups is 2. The van der Waals surface area contributed by atoms with E-state index in [9.17, 15) is 4.79 Å². The van der Waals surface area contributed by atoms with Crippen LogP contribution in [0.5, 0.6) is 0 Å². The molecular formula is C5H6N2O2. The van der Waals surface area contributed by atoms with Crippen molar-refractivity contribution in [3.63, 3.8) is 0 Å². The highest BCUT2D eigenvalue weighted by Crippen LogP contribution is 1.98. The molecule has 0 aromatic carbocycles. The molecule has 48 valence electrons. The average Bonchev–Trinajstić information content (AvgIpc) is 1.90. The number of primary amides is 1. The second-order valence-electron chi connectivity index (χ2n) is 1.44. The third-order valence-electron chi connectivity index (χ3n) is 0.803. The largest absolute Gasteiger partial charge is 0.379 e. The molecule has 0 spiro atoms. The SMILES string of the molecule is NC(=O)N1C=CC=CO1. The number of carbonyl (C=O) groups is 1. The van der Waals surface area contributed by atoms with Crippen molar-refractivity contribution in [3.8, 4) is 0 Å². The molecule has 0 aliphatic carbocycles. The van der Waals surface area contributed by atoms with E-state index in [0.717, 1.165) is 5.06 Å². The van der Waals surface area contributed by atoms with Gasteiger partial charge in [-0.15, -0.1) is 5.06 Å². The first-order valence-electron chi connectivity index (χ1n) is 2.39. The summed E-state index contributed by atoms with van der Waals surface area (Å²) >= 11 is 0. The fourth-order valence-electron chi connectivity index (χ4n) is 0.434. The van der Waals surface area contributed by atoms with Crippen LogP contribution in [0, 0.1) is 0 Å². The highest BCUT2D eigenvalue weighted by Gasteiger charge is 2.05. The summed E-state index contributed by atoms with van der Waals surface area (Å²) in [5, 5.41) is 0.931. The zero-order valence-electron chi connectivity index (χ0n) is 4.65. The highest BCUT2D eigenvalue weighted by molar-refractivity contribution is 5.72. The number of urea groups is 1. The first-order valence-corrected chi connectivity index (χ1v) is 2.39. The lowest BCUT2D eigenvalue weighted by Gasteiger charge is -2.14. The molecule has 0 aromatic heterocycles. The van der Waals surface area contributed by atoms with Gasteiger partial charge in [0.05, 0.1) is 6.20 Å². The number of nitrogens with two attached hydrogens (primary N) is 1. The van der Waals surface area contributed by atoms with Gasteiger partial charge in [0.2, 0.25) is 0 Å². The van der Waals surface area contributed by atoms with Crippen molar-refractivity contribution in [1.29, 1.82) is 0 Å². The molecule has 1 heterocycles. The highest BCUT2D eigenvalue weighted by atomic mass is 16.7. The Morgan fingerprint density at radius 2 is 2.33 bits per heavy atom. The summed E-state index contributed by atoms with van der Waals surface area (Å²) < 4.78 is 0. The van der Waals surface area contributed by atoms with Crippen molar-refractivity contribution >= 4 is 6.03 Å². The summed E-state index contributed by atoms with van der Waals surface area (Å²) in [6, 6.07) is -0.629. The molecule has 2 N–H and O–H groups in total. The molecule has 0 unspecified atom stereocenters. The fourth-order valence-corrected chi connectivity index (χ4v) is 0.434. The Hall–Kier alpha value is -1.45. The van der Waals surface area contributed by atoms with Gasteiger partial charge >= 0.3 is 6.03 Å². The summed E-state index contributed by atoms with van der Waals surface area (Å²) in [6.45, 7) is 0. The van der Waals surface area contributed by atoms with Crippen molar-refractivity contribution in [3.05, 3.63) is 24.6 Å². The van der Waals surface area contributed by atoms with Crippen LogP contribution in [0.1, 0.15) is 0 Å². The van der Waals surface area contributed by atoms with Crippen LogP contribution in [0.4, 0.5) is 4.79 Å². The maximum Gasteiger partial charge on any atom is 0.352 e. The Kier molecular flexibility index (Phi) is 1.40. The van der Waals surface area contributed by atoms with Crippen molar-refractivity contribution in [1.82, 2.24) is 5.06 Å². The van der Waals surface area contributed by atoms with Crippen molar-refractivity contribution in [2.45, 2.75) is 0 Å². The van der Waals surface area contributed by atoms with Crippen molar-refractivity contribution in [2.75, 3.05) is 0 Å². The molecule has 1 aliphatic heterocycles. The van der Waals surface area contributed by atoms with Crippen LogP contribution in [0.3, 0.4) is 0 Å². The van der Waals surface area contributed by atoms with Gasteiger partial charge in [-0.3, -0.25) is 0 Å². The lowest BCUT2D eigenvalue weighted by atomic mass is 10.5. The number of hydrogen-bond donors (Lipinski definition) is 1. The van der Waals surface area contributed by atoms with E-state index in [1.807, 2.05) is 0 Å². The van der Waals surface area contributed by atoms with Crippen LogP contribution in [0.15, 0.2) is 24.6 Å². The number of amides is 2. The van der Waals surface area contributed by atoms with Crippen LogP contribution in [0.25, 0.3) is 0 Å². The van der Waals surface area contributed by atoms with Gasteiger partial charge in [0.25, 0.3) is 0 Å². The van der Waals surface area contributed by atoms with Crippen LogP contribution in [0.2, 0.25) is 0 Å². The predicted octanol–water partition coefficient (Wildman–Crippen LogP) is 0.340. The molecule has 0 saturated heterocycles. The molecule has 0 aromatic rings. The van der Waals surface area contributed by atoms with Crippen LogP contribution in [-0.4, -0.2) is 11.1 Å². The summed E-state index contributed by atoms with van der Waals surface area (Å²) in [5.74, 6) is 0. The molecule has 0 saturated carbocycles. The molecule has 0 radical (unpaired) electrons. The smallest absolute Gasteiger partial charge is 0.352 e. The maximum absolute atomic E-state index is 10.3. The summed E-state index contributed by atoms with van der Waals surface area (Å²) in [6.07, 6.45) is 6.10. The Bertz CT molecular complexity index is 174. The first kappa shape index (κ1) is 5.68. The van der Waals surface area contributed by atoms with Crippen LogP contribution in [-0.2, 0) is 4.84 Å². The van der Waals surface area contributed by atoms with Gasteiger partial charge in [0.1, 0.15) is 6.26 Å². The van der Waals surface area contributed by atoms with Gasteiger partial charge in [-0.2, -0.15) is 0 Å². The van der Waals surface area contributed by atoms with Crippen LogP contribution < -0.4 is 5.73 Å². The van der Waals surface area contributed by atoms with Gasteiger partial charge in [-0.25, -0.2) is 4.79 Å². The third kappa shape index (κ3) is 1.22. The van der Waals surface area contributed by atoms with Gasteiger partial charge in [-0.05, 0) is 12.2 Å². The molecule has 4 nitrogen and oxygen atoms in total. The quantitative estimate of drug-likeness (QED) is 0.508. The molecule has 0 atom stereocenters. The molecule has 0 fully saturated rings. The van der Waals surface area contributed by atoms with E-state index in [1.54, 1.807) is 12.2 Å². The number of hydrogen-bond acceptors (Lipinski definition) is 2. The van der Waals surface area contributed by atoms with Crippen LogP contribution >= 0.6 is 0 Å². The second-order valence-corrected chi connectivity index (χ2v) is 1.44. The van der Waals surface area contributed by atoms with Gasteiger partial charge in [0, 0.05) is 0 Å². The Labute approximate surface area is 52.1 Å². The minimum Gasteiger partial charge on any atom is -0.379 e. The number of carbonyl (C=O) groups excluding carboxylic acids is 1. The van der Waals surface area contributed by atoms with E-state index in [2.05, 4.69) is 4.84 Å². The number of nitrogens with zero attached hydrogens (tertiary/aromatic N) is 1. The Morgan fingerprint density at radius 1 is 1.56 bits per heavy atom. The predicted molar refractivity (Wildman–Crippen MR) is 30.8 cm³/mol. The van der Waals surface area contributed by atoms with E-state index >= 15 is 0 Å². The molecule has 4 heteroatoms. The minimum atomic E-state index is -0.629. The number of rotatable bonds is 0. The van der Waals surface area contributed by atoms with Gasteiger partial charge in [-0.1, -0.05) is 0 Å². The van der Waals surface area contributed by atoms with E-state index in [1.165, 1.54) is 12.5 Å². The lowest BCUT2D eigenvalue weighted by molar-refractivity contribution is -0.0129. The molecule has 1 aliphatic rings. The lowest BCUT2D eigenvalue weighted by Crippen LogP contribution is -2.30. The standard InChI is InChI=1S/C5H6N2O2/c6-5(8)7-3-1-2-4-9-7/h1-4H,(H2,6,8). The van der Waals surface area contributed by atoms with Gasteiger partial charge in [0.15, 0.2) is 0 Å². The van der Waals surface area contributed by atoms with Crippen molar-refractivity contribution in [2.24, 2.45) is 5.73 Å². The van der Waals surface area contributed by atoms with E-state index < -0.39 is 6.03 Å². The number of allylic oxidation sites excluding steroid dienone is 2. The zero-order chi connectivity index (χ0) is 6.69. The van der Waals surface area contributed by atoms with E-state index in [4.69, 9.17) is 5.73 Å². The van der Waals surface area contributed by atoms with Crippen molar-refractivity contribution < 1.29 is 9.63 Å². The molecule has 2 amide bonds. The third-order valence-corrected chi connectivity index (χ3v) is 0.803. The molecular weight excluding hydrogens is 120 g/mol. The normalized spacial score (nSPS) is 15.3. The summed E-state index contributed by atoms with van der Waals surface area (Å²) in [4.78, 5) is 14.9. The minimum absolute atomic E-state index is 0.629. The monoisotopic (exact) mass is 126 g/mol. The maximum atomic E-state index is 10.3. The van der Waals surface area contributed by atoms with E-state index in [0.29, 0.717) is 0 Å². The topological polar surface area (TPSA) is 55.6 Å². The second kappa shape index (κ2) is 2.21. The molecule has 1 rings (SSSR count). The zero-order valence-corrected chi connectivity index (χ0v) is 4.65. The average molecular weight is 126 g/mol. The summed E-state index contributed by atoms with van der Waals surface area (Å²) in [7, 11) is 0. The summed E-state index contributed by atoms with van der Waals surface area (Å²) in [5.41, 5.74) is 4.84. The van der Waals surface area contributed by atoms with E-state index in [-0.39, 0.29) is 0 Å². The Balaban J connectivity index is 2.56. The first-order chi connectivity index (χ1) is 4.30. The molecule has 9 heavy (non-hydrogen) atoms.